The minimum atomic E-state index is -1.02. The molecule has 1 saturated carbocycles. The molecule has 0 radical (unpaired) electrons. The summed E-state index contributed by atoms with van der Waals surface area (Å²) < 4.78 is 24.2. The minimum Gasteiger partial charge on any atom is -0.497 e. The Labute approximate surface area is 305 Å². The number of amides is 2. The van der Waals surface area contributed by atoms with Crippen molar-refractivity contribution in [2.45, 2.75) is 77.4 Å². The van der Waals surface area contributed by atoms with Crippen molar-refractivity contribution in [2.75, 3.05) is 23.9 Å². The fourth-order valence-electron chi connectivity index (χ4n) is 6.73. The lowest BCUT2D eigenvalue weighted by atomic mass is 9.91. The monoisotopic (exact) mass is 723 g/mol. The predicted molar refractivity (Wildman–Crippen MR) is 199 cm³/mol. The zero-order valence-corrected chi connectivity index (χ0v) is 31.2. The minimum absolute atomic E-state index is 0.305. The predicted octanol–water partition coefficient (Wildman–Crippen LogP) is 8.80. The number of hydrogen-bond donors (Lipinski definition) is 1. The third-order valence-electron chi connectivity index (χ3n) is 8.93. The molecule has 1 aliphatic heterocycles. The van der Waals surface area contributed by atoms with Crippen LogP contribution in [0, 0.1) is 0 Å². The van der Waals surface area contributed by atoms with E-state index in [9.17, 15) is 14.4 Å². The van der Waals surface area contributed by atoms with Crippen molar-refractivity contribution in [2.24, 2.45) is 0 Å². The van der Waals surface area contributed by atoms with Gasteiger partial charge >= 0.3 is 12.2 Å². The number of aromatic nitrogens is 3. The highest BCUT2D eigenvalue weighted by atomic mass is 32.1. The molecule has 1 fully saturated rings. The Bertz CT molecular complexity index is 2220. The molecule has 1 N–H and O–H groups in total. The number of carbonyl (C=O) groups excluding carboxylic acids is 3. The highest BCUT2D eigenvalue weighted by molar-refractivity contribution is 7.13. The Kier molecular flexibility index (Phi) is 8.52. The Hall–Kier alpha value is -5.43. The number of imide groups is 1. The van der Waals surface area contributed by atoms with Gasteiger partial charge in [-0.2, -0.15) is 4.68 Å². The molecule has 2 aromatic heterocycles. The van der Waals surface area contributed by atoms with Crippen molar-refractivity contribution < 1.29 is 33.3 Å². The van der Waals surface area contributed by atoms with Crippen molar-refractivity contribution >= 4 is 57.5 Å². The van der Waals surface area contributed by atoms with Crippen LogP contribution in [0.5, 0.6) is 11.5 Å². The third kappa shape index (κ3) is 6.23. The van der Waals surface area contributed by atoms with Crippen molar-refractivity contribution in [3.63, 3.8) is 0 Å². The van der Waals surface area contributed by atoms with Gasteiger partial charge in [-0.05, 0) is 115 Å². The van der Waals surface area contributed by atoms with Crippen LogP contribution in [-0.4, -0.2) is 57.8 Å². The van der Waals surface area contributed by atoms with Crippen molar-refractivity contribution in [3.8, 4) is 22.1 Å². The standard InChI is InChI=1S/C39H41N5O7S/c1-9-49-31-15-11-23(33-40-16-17-52-33)18-28(31)41-32-25-13-10-22(19-30(25)44(42-32)36(47)51-38(5,6)7)27-21-39(27)26-20-24(48-8)12-14-29(26)43(34(39)45)35(46)50-37(2,3)4/h10-20,27H,9,21H2,1-8H3,(H,41,42)/t27-,39-/m0/s1. The first kappa shape index (κ1) is 35.0. The Morgan fingerprint density at radius 3 is 2.40 bits per heavy atom. The Morgan fingerprint density at radius 1 is 0.981 bits per heavy atom. The van der Waals surface area contributed by atoms with Crippen LogP contribution in [0.3, 0.4) is 0 Å². The highest BCUT2D eigenvalue weighted by Crippen LogP contribution is 2.67. The summed E-state index contributed by atoms with van der Waals surface area (Å²) in [5, 5.41) is 11.6. The number of hydrogen-bond acceptors (Lipinski definition) is 11. The number of rotatable bonds is 7. The molecule has 1 spiro atoms. The quantitative estimate of drug-likeness (QED) is 0.174. The van der Waals surface area contributed by atoms with Gasteiger partial charge in [0.2, 0.25) is 5.91 Å². The molecule has 3 aromatic carbocycles. The molecule has 270 valence electrons. The first-order chi connectivity index (χ1) is 24.6. The van der Waals surface area contributed by atoms with Gasteiger partial charge in [0.25, 0.3) is 0 Å². The lowest BCUT2D eigenvalue weighted by molar-refractivity contribution is -0.120. The van der Waals surface area contributed by atoms with Crippen molar-refractivity contribution in [1.82, 2.24) is 14.8 Å². The van der Waals surface area contributed by atoms with Crippen LogP contribution in [0.4, 0.5) is 26.8 Å². The summed E-state index contributed by atoms with van der Waals surface area (Å²) in [5.74, 6) is 0.936. The Balaban J connectivity index is 1.31. The van der Waals surface area contributed by atoms with Gasteiger partial charge in [0, 0.05) is 28.4 Å². The van der Waals surface area contributed by atoms with E-state index in [0.29, 0.717) is 58.2 Å². The average molecular weight is 724 g/mol. The molecule has 1 aliphatic carbocycles. The first-order valence-electron chi connectivity index (χ1n) is 17.1. The number of ether oxygens (including phenoxy) is 4. The van der Waals surface area contributed by atoms with Crippen LogP contribution in [0.2, 0.25) is 0 Å². The maximum atomic E-state index is 14.3. The number of methoxy groups -OCH3 is 1. The van der Waals surface area contributed by atoms with E-state index in [-0.39, 0.29) is 11.8 Å². The second-order valence-corrected chi connectivity index (χ2v) is 15.8. The van der Waals surface area contributed by atoms with Crippen LogP contribution in [0.1, 0.15) is 71.9 Å². The molecule has 7 rings (SSSR count). The van der Waals surface area contributed by atoms with E-state index in [1.165, 1.54) is 16.0 Å². The van der Waals surface area contributed by atoms with E-state index >= 15 is 0 Å². The molecule has 2 amide bonds. The van der Waals surface area contributed by atoms with Crippen LogP contribution >= 0.6 is 11.3 Å². The number of nitrogens with zero attached hydrogens (tertiary/aromatic N) is 4. The molecule has 12 nitrogen and oxygen atoms in total. The van der Waals surface area contributed by atoms with E-state index < -0.39 is 28.8 Å². The third-order valence-corrected chi connectivity index (χ3v) is 9.75. The van der Waals surface area contributed by atoms with Crippen LogP contribution in [0.25, 0.3) is 21.5 Å². The fraction of sp³-hybridized carbons (Fsp3) is 0.359. The van der Waals surface area contributed by atoms with Crippen LogP contribution in [0.15, 0.2) is 66.2 Å². The number of benzene rings is 3. The van der Waals surface area contributed by atoms with Gasteiger partial charge in [-0.1, -0.05) is 6.07 Å². The van der Waals surface area contributed by atoms with E-state index in [0.717, 1.165) is 21.0 Å². The summed E-state index contributed by atoms with van der Waals surface area (Å²) in [6.07, 6.45) is 0.817. The molecule has 5 aromatic rings. The molecular formula is C39H41N5O7S. The topological polar surface area (TPSA) is 134 Å². The summed E-state index contributed by atoms with van der Waals surface area (Å²) >= 11 is 1.53. The lowest BCUT2D eigenvalue weighted by Gasteiger charge is -2.24. The normalized spacial score (nSPS) is 18.0. The zero-order valence-electron chi connectivity index (χ0n) is 30.4. The van der Waals surface area contributed by atoms with Crippen molar-refractivity contribution in [3.05, 3.63) is 77.3 Å². The second-order valence-electron chi connectivity index (χ2n) is 14.9. The first-order valence-corrected chi connectivity index (χ1v) is 18.0. The Morgan fingerprint density at radius 2 is 1.73 bits per heavy atom. The molecule has 0 unspecified atom stereocenters. The number of nitrogens with one attached hydrogen (secondary N) is 1. The summed E-state index contributed by atoms with van der Waals surface area (Å²) in [5.41, 5.74) is 1.41. The molecule has 2 atom stereocenters. The van der Waals surface area contributed by atoms with Gasteiger partial charge in [0.15, 0.2) is 5.82 Å². The fourth-order valence-corrected chi connectivity index (χ4v) is 7.36. The summed E-state index contributed by atoms with van der Waals surface area (Å²) in [6.45, 7) is 13.0. The molecule has 0 bridgehead atoms. The summed E-state index contributed by atoms with van der Waals surface area (Å²) in [6, 6.07) is 16.7. The molecule has 0 saturated heterocycles. The van der Waals surface area contributed by atoms with Crippen LogP contribution < -0.4 is 19.7 Å². The number of thiazole rings is 1. The maximum absolute atomic E-state index is 14.3. The van der Waals surface area contributed by atoms with E-state index in [2.05, 4.69) is 10.3 Å². The maximum Gasteiger partial charge on any atom is 0.435 e. The molecule has 52 heavy (non-hydrogen) atoms. The molecule has 3 heterocycles. The molecular weight excluding hydrogens is 683 g/mol. The molecule has 2 aliphatic rings. The zero-order chi connectivity index (χ0) is 37.2. The van der Waals surface area contributed by atoms with Gasteiger partial charge < -0.3 is 24.3 Å². The van der Waals surface area contributed by atoms with Gasteiger partial charge in [0.05, 0.1) is 36.0 Å². The van der Waals surface area contributed by atoms with E-state index in [1.54, 1.807) is 67.0 Å². The van der Waals surface area contributed by atoms with E-state index in [1.807, 2.05) is 54.8 Å². The SMILES string of the molecule is CCOc1ccc(-c2nccs2)cc1Nc1nn(C(=O)OC(C)(C)C)c2cc([C@@H]3C[C@@]34C(=O)N(C(=O)OC(C)(C)C)c3ccc(OC)cc34)ccc12. The van der Waals surface area contributed by atoms with Gasteiger partial charge in [-0.15, -0.1) is 16.4 Å². The molecule has 13 heteroatoms. The van der Waals surface area contributed by atoms with Gasteiger partial charge in [-0.3, -0.25) is 4.79 Å². The van der Waals surface area contributed by atoms with Crippen LogP contribution in [-0.2, 0) is 19.7 Å². The van der Waals surface area contributed by atoms with Crippen molar-refractivity contribution in [1.29, 1.82) is 0 Å². The number of fused-ring (bicyclic) bond motifs is 3. The lowest BCUT2D eigenvalue weighted by Crippen LogP contribution is -2.41. The van der Waals surface area contributed by atoms with Gasteiger partial charge in [-0.25, -0.2) is 19.5 Å². The van der Waals surface area contributed by atoms with Gasteiger partial charge in [0.1, 0.15) is 27.7 Å². The average Bonchev–Trinajstić information content (AvgIpc) is 3.32. The smallest absolute Gasteiger partial charge is 0.435 e. The summed E-state index contributed by atoms with van der Waals surface area (Å²) in [7, 11) is 1.56. The highest BCUT2D eigenvalue weighted by Gasteiger charge is 2.68. The number of anilines is 3. The largest absolute Gasteiger partial charge is 0.497 e. The van der Waals surface area contributed by atoms with E-state index in [4.69, 9.17) is 24.0 Å². The summed E-state index contributed by atoms with van der Waals surface area (Å²) in [4.78, 5) is 47.0. The number of carbonyl (C=O) groups is 3. The second kappa shape index (κ2) is 12.7.